The Morgan fingerprint density at radius 2 is 1.70 bits per heavy atom. The first kappa shape index (κ1) is 16.3. The van der Waals surface area contributed by atoms with Crippen molar-refractivity contribution in [1.82, 2.24) is 5.32 Å². The number of ether oxygens (including phenoxy) is 1. The molecule has 0 amide bonds. The van der Waals surface area contributed by atoms with Gasteiger partial charge in [-0.2, -0.15) is 0 Å². The third-order valence-corrected chi connectivity index (χ3v) is 5.20. The first-order chi connectivity index (χ1) is 9.88. The molecule has 2 saturated carbocycles. The molecule has 2 nitrogen and oxygen atoms in total. The van der Waals surface area contributed by atoms with Crippen molar-refractivity contribution in [3.8, 4) is 0 Å². The molecule has 1 N–H and O–H groups in total. The molecule has 2 fully saturated rings. The second kappa shape index (κ2) is 9.78. The van der Waals surface area contributed by atoms with E-state index in [9.17, 15) is 0 Å². The number of rotatable bonds is 8. The molecule has 0 saturated heterocycles. The van der Waals surface area contributed by atoms with E-state index in [1.54, 1.807) is 0 Å². The summed E-state index contributed by atoms with van der Waals surface area (Å²) in [5, 5.41) is 3.74. The quantitative estimate of drug-likeness (QED) is 0.653. The van der Waals surface area contributed by atoms with Crippen LogP contribution in [-0.4, -0.2) is 25.3 Å². The zero-order chi connectivity index (χ0) is 14.0. The van der Waals surface area contributed by atoms with Crippen LogP contribution in [0.15, 0.2) is 0 Å². The Bertz CT molecular complexity index is 230. The van der Waals surface area contributed by atoms with Crippen LogP contribution in [0.4, 0.5) is 0 Å². The van der Waals surface area contributed by atoms with Gasteiger partial charge in [-0.3, -0.25) is 0 Å². The van der Waals surface area contributed by atoms with Crippen molar-refractivity contribution in [2.24, 2.45) is 5.92 Å². The molecule has 0 aromatic heterocycles. The molecule has 118 valence electrons. The van der Waals surface area contributed by atoms with Gasteiger partial charge in [-0.15, -0.1) is 0 Å². The van der Waals surface area contributed by atoms with E-state index >= 15 is 0 Å². The van der Waals surface area contributed by atoms with Gasteiger partial charge in [0.05, 0.1) is 6.10 Å². The highest BCUT2D eigenvalue weighted by atomic mass is 16.5. The zero-order valence-electron chi connectivity index (χ0n) is 13.5. The zero-order valence-corrected chi connectivity index (χ0v) is 13.5. The van der Waals surface area contributed by atoms with Crippen molar-refractivity contribution in [2.75, 3.05) is 13.2 Å². The lowest BCUT2D eigenvalue weighted by molar-refractivity contribution is 0.0269. The summed E-state index contributed by atoms with van der Waals surface area (Å²) in [7, 11) is 0. The minimum atomic E-state index is 0.577. The van der Waals surface area contributed by atoms with Crippen LogP contribution in [-0.2, 0) is 4.74 Å². The van der Waals surface area contributed by atoms with Crippen LogP contribution in [0.2, 0.25) is 0 Å². The molecular formula is C18H35NO. The molecule has 0 aromatic carbocycles. The predicted octanol–water partition coefficient (Wildman–Crippen LogP) is 4.67. The molecule has 0 heterocycles. The van der Waals surface area contributed by atoms with Gasteiger partial charge in [0.15, 0.2) is 0 Å². The highest BCUT2D eigenvalue weighted by Gasteiger charge is 2.19. The Hall–Kier alpha value is -0.0800. The molecule has 0 radical (unpaired) electrons. The van der Waals surface area contributed by atoms with Crippen LogP contribution in [0.3, 0.4) is 0 Å². The van der Waals surface area contributed by atoms with E-state index in [1.165, 1.54) is 77.0 Å². The largest absolute Gasteiger partial charge is 0.378 e. The Labute approximate surface area is 126 Å². The van der Waals surface area contributed by atoms with Crippen molar-refractivity contribution in [2.45, 2.75) is 96.1 Å². The smallest absolute Gasteiger partial charge is 0.0575 e. The van der Waals surface area contributed by atoms with E-state index < -0.39 is 0 Å². The maximum atomic E-state index is 5.98. The van der Waals surface area contributed by atoms with Crippen molar-refractivity contribution in [3.63, 3.8) is 0 Å². The van der Waals surface area contributed by atoms with E-state index in [-0.39, 0.29) is 0 Å². The molecule has 0 aliphatic heterocycles. The summed E-state index contributed by atoms with van der Waals surface area (Å²) in [6, 6.07) is 0.790. The average Bonchev–Trinajstić information content (AvgIpc) is 2.50. The molecule has 0 atom stereocenters. The van der Waals surface area contributed by atoms with Gasteiger partial charge in [-0.05, 0) is 57.4 Å². The Morgan fingerprint density at radius 3 is 2.40 bits per heavy atom. The van der Waals surface area contributed by atoms with Crippen LogP contribution < -0.4 is 5.32 Å². The Morgan fingerprint density at radius 1 is 0.950 bits per heavy atom. The van der Waals surface area contributed by atoms with E-state index in [0.717, 1.165) is 25.1 Å². The third kappa shape index (κ3) is 6.13. The average molecular weight is 281 g/mol. The molecule has 2 aliphatic carbocycles. The van der Waals surface area contributed by atoms with Crippen molar-refractivity contribution in [3.05, 3.63) is 0 Å². The molecular weight excluding hydrogens is 246 g/mol. The van der Waals surface area contributed by atoms with E-state index in [4.69, 9.17) is 4.74 Å². The van der Waals surface area contributed by atoms with Gasteiger partial charge in [0.2, 0.25) is 0 Å². The fourth-order valence-corrected chi connectivity index (χ4v) is 3.92. The summed E-state index contributed by atoms with van der Waals surface area (Å²) < 4.78 is 5.98. The topological polar surface area (TPSA) is 21.3 Å². The first-order valence-electron chi connectivity index (χ1n) is 9.23. The predicted molar refractivity (Wildman–Crippen MR) is 86.1 cm³/mol. The van der Waals surface area contributed by atoms with Gasteiger partial charge >= 0.3 is 0 Å². The van der Waals surface area contributed by atoms with E-state index in [1.807, 2.05) is 0 Å². The molecule has 20 heavy (non-hydrogen) atoms. The molecule has 2 rings (SSSR count). The monoisotopic (exact) mass is 281 g/mol. The van der Waals surface area contributed by atoms with Crippen LogP contribution in [0.5, 0.6) is 0 Å². The van der Waals surface area contributed by atoms with Gasteiger partial charge in [0.1, 0.15) is 0 Å². The standard InChI is InChI=1S/C18H35NO/c1-2-7-16-10-12-17(13-11-16)19-14-6-15-20-18-8-4-3-5-9-18/h16-19H,2-15H2,1H3. The molecule has 2 aliphatic rings. The lowest BCUT2D eigenvalue weighted by Crippen LogP contribution is -2.34. The van der Waals surface area contributed by atoms with Crippen LogP contribution in [0.25, 0.3) is 0 Å². The Kier molecular flexibility index (Phi) is 7.97. The summed E-state index contributed by atoms with van der Waals surface area (Å²) in [6.07, 6.45) is 17.0. The van der Waals surface area contributed by atoms with Gasteiger partial charge in [-0.25, -0.2) is 0 Å². The number of hydrogen-bond donors (Lipinski definition) is 1. The summed E-state index contributed by atoms with van der Waals surface area (Å²) in [6.45, 7) is 4.43. The summed E-state index contributed by atoms with van der Waals surface area (Å²) in [5.41, 5.74) is 0. The fraction of sp³-hybridized carbons (Fsp3) is 1.00. The van der Waals surface area contributed by atoms with Gasteiger partial charge in [-0.1, -0.05) is 39.0 Å². The SMILES string of the molecule is CCCC1CCC(NCCCOC2CCCCC2)CC1. The minimum Gasteiger partial charge on any atom is -0.378 e. The Balaban J connectivity index is 1.43. The van der Waals surface area contributed by atoms with Crippen LogP contribution in [0.1, 0.15) is 84.0 Å². The highest BCUT2D eigenvalue weighted by molar-refractivity contribution is 4.77. The molecule has 0 bridgehead atoms. The second-order valence-electron chi connectivity index (χ2n) is 6.94. The lowest BCUT2D eigenvalue weighted by atomic mass is 9.83. The lowest BCUT2D eigenvalue weighted by Gasteiger charge is -2.29. The second-order valence-corrected chi connectivity index (χ2v) is 6.94. The van der Waals surface area contributed by atoms with Crippen LogP contribution >= 0.6 is 0 Å². The van der Waals surface area contributed by atoms with Crippen molar-refractivity contribution in [1.29, 1.82) is 0 Å². The van der Waals surface area contributed by atoms with Crippen molar-refractivity contribution >= 4 is 0 Å². The maximum Gasteiger partial charge on any atom is 0.0575 e. The molecule has 0 spiro atoms. The summed E-state index contributed by atoms with van der Waals surface area (Å²) in [5.74, 6) is 1.02. The van der Waals surface area contributed by atoms with Gasteiger partial charge < -0.3 is 10.1 Å². The summed E-state index contributed by atoms with van der Waals surface area (Å²) in [4.78, 5) is 0. The maximum absolute atomic E-state index is 5.98. The van der Waals surface area contributed by atoms with Crippen LogP contribution in [0, 0.1) is 5.92 Å². The third-order valence-electron chi connectivity index (χ3n) is 5.20. The van der Waals surface area contributed by atoms with Gasteiger partial charge in [0, 0.05) is 12.6 Å². The summed E-state index contributed by atoms with van der Waals surface area (Å²) >= 11 is 0. The van der Waals surface area contributed by atoms with E-state index in [2.05, 4.69) is 12.2 Å². The minimum absolute atomic E-state index is 0.577. The normalized spacial score (nSPS) is 28.6. The highest BCUT2D eigenvalue weighted by Crippen LogP contribution is 2.27. The molecule has 0 unspecified atom stereocenters. The number of hydrogen-bond acceptors (Lipinski definition) is 2. The molecule has 2 heteroatoms. The van der Waals surface area contributed by atoms with E-state index in [0.29, 0.717) is 6.10 Å². The first-order valence-corrected chi connectivity index (χ1v) is 9.23. The fourth-order valence-electron chi connectivity index (χ4n) is 3.92. The molecule has 0 aromatic rings. The van der Waals surface area contributed by atoms with Gasteiger partial charge in [0.25, 0.3) is 0 Å². The van der Waals surface area contributed by atoms with Crippen molar-refractivity contribution < 1.29 is 4.74 Å². The number of nitrogens with one attached hydrogen (secondary N) is 1.